The Morgan fingerprint density at radius 1 is 1.50 bits per heavy atom. The van der Waals surface area contributed by atoms with Crippen molar-refractivity contribution in [1.82, 2.24) is 15.5 Å². The standard InChI is InChI=1S/C15H19N3O2/c1-10-5-6-12-11(8-10)13(18-17-12)9-16-15(19)14-4-2-3-7-20-14/h5-6,8,14H,2-4,7,9H2,1H3,(H,16,19)(H,17,18)/t14-/m1/s1. The SMILES string of the molecule is Cc1ccc2n[nH]c(CNC(=O)[C@H]3CCCCO3)c2c1. The largest absolute Gasteiger partial charge is 0.368 e. The first-order valence-corrected chi connectivity index (χ1v) is 7.07. The highest BCUT2D eigenvalue weighted by Crippen LogP contribution is 2.18. The van der Waals surface area contributed by atoms with Crippen LogP contribution in [0.4, 0.5) is 0 Å². The summed E-state index contributed by atoms with van der Waals surface area (Å²) in [7, 11) is 0. The third kappa shape index (κ3) is 2.67. The molecule has 2 heterocycles. The fraction of sp³-hybridized carbons (Fsp3) is 0.467. The first kappa shape index (κ1) is 13.1. The Kier molecular flexibility index (Phi) is 3.69. The molecule has 1 aromatic carbocycles. The van der Waals surface area contributed by atoms with E-state index >= 15 is 0 Å². The van der Waals surface area contributed by atoms with Gasteiger partial charge >= 0.3 is 0 Å². The van der Waals surface area contributed by atoms with Crippen molar-refractivity contribution in [3.05, 3.63) is 29.5 Å². The maximum Gasteiger partial charge on any atom is 0.249 e. The topological polar surface area (TPSA) is 67.0 Å². The van der Waals surface area contributed by atoms with Gasteiger partial charge in [-0.05, 0) is 38.3 Å². The molecule has 1 aliphatic rings. The molecule has 0 unspecified atom stereocenters. The van der Waals surface area contributed by atoms with Crippen molar-refractivity contribution in [1.29, 1.82) is 0 Å². The molecule has 2 aromatic rings. The number of benzene rings is 1. The normalized spacial score (nSPS) is 19.1. The number of aryl methyl sites for hydroxylation is 1. The number of carbonyl (C=O) groups is 1. The van der Waals surface area contributed by atoms with Crippen LogP contribution in [-0.4, -0.2) is 28.8 Å². The number of ether oxygens (including phenoxy) is 1. The number of fused-ring (bicyclic) bond motifs is 1. The highest BCUT2D eigenvalue weighted by Gasteiger charge is 2.21. The Morgan fingerprint density at radius 2 is 2.40 bits per heavy atom. The minimum atomic E-state index is -0.292. The third-order valence-electron chi connectivity index (χ3n) is 3.70. The molecule has 20 heavy (non-hydrogen) atoms. The molecule has 0 aliphatic carbocycles. The summed E-state index contributed by atoms with van der Waals surface area (Å²) in [6.07, 6.45) is 2.63. The number of carbonyl (C=O) groups excluding carboxylic acids is 1. The van der Waals surface area contributed by atoms with Crippen LogP contribution < -0.4 is 5.32 Å². The van der Waals surface area contributed by atoms with Gasteiger partial charge in [0.05, 0.1) is 17.8 Å². The molecule has 2 N–H and O–H groups in total. The minimum Gasteiger partial charge on any atom is -0.368 e. The molecule has 1 atom stereocenters. The third-order valence-corrected chi connectivity index (χ3v) is 3.70. The summed E-state index contributed by atoms with van der Waals surface area (Å²) < 4.78 is 5.48. The van der Waals surface area contributed by atoms with E-state index in [9.17, 15) is 4.79 Å². The second kappa shape index (κ2) is 5.63. The molecule has 1 saturated heterocycles. The zero-order valence-corrected chi connectivity index (χ0v) is 11.6. The van der Waals surface area contributed by atoms with Crippen molar-refractivity contribution >= 4 is 16.8 Å². The zero-order chi connectivity index (χ0) is 13.9. The zero-order valence-electron chi connectivity index (χ0n) is 11.6. The van der Waals surface area contributed by atoms with Gasteiger partial charge in [-0.1, -0.05) is 11.6 Å². The van der Waals surface area contributed by atoms with Gasteiger partial charge in [-0.15, -0.1) is 0 Å². The fourth-order valence-corrected chi connectivity index (χ4v) is 2.55. The van der Waals surface area contributed by atoms with Crippen molar-refractivity contribution in [2.45, 2.75) is 38.8 Å². The summed E-state index contributed by atoms with van der Waals surface area (Å²) in [5.41, 5.74) is 3.05. The van der Waals surface area contributed by atoms with Crippen molar-refractivity contribution < 1.29 is 9.53 Å². The molecular formula is C15H19N3O2. The molecule has 0 bridgehead atoms. The molecule has 0 spiro atoms. The van der Waals surface area contributed by atoms with E-state index in [1.165, 1.54) is 5.56 Å². The van der Waals surface area contributed by atoms with Crippen LogP contribution in [0.3, 0.4) is 0 Å². The number of H-pyrrole nitrogens is 1. The number of hydrogen-bond acceptors (Lipinski definition) is 3. The van der Waals surface area contributed by atoms with Gasteiger partial charge < -0.3 is 10.1 Å². The number of aromatic amines is 1. The highest BCUT2D eigenvalue weighted by molar-refractivity contribution is 5.84. The van der Waals surface area contributed by atoms with Gasteiger partial charge in [0.15, 0.2) is 0 Å². The quantitative estimate of drug-likeness (QED) is 0.899. The fourth-order valence-electron chi connectivity index (χ4n) is 2.55. The van der Waals surface area contributed by atoms with Crippen molar-refractivity contribution in [2.75, 3.05) is 6.61 Å². The summed E-state index contributed by atoms with van der Waals surface area (Å²) in [5, 5.41) is 11.2. The summed E-state index contributed by atoms with van der Waals surface area (Å²) in [4.78, 5) is 12.0. The van der Waals surface area contributed by atoms with Crippen molar-refractivity contribution in [3.8, 4) is 0 Å². The van der Waals surface area contributed by atoms with Crippen LogP contribution in [-0.2, 0) is 16.1 Å². The van der Waals surface area contributed by atoms with Crippen LogP contribution in [0.1, 0.15) is 30.5 Å². The monoisotopic (exact) mass is 273 g/mol. The van der Waals surface area contributed by atoms with Gasteiger partial charge in [0.1, 0.15) is 6.10 Å². The Morgan fingerprint density at radius 3 is 3.20 bits per heavy atom. The van der Waals surface area contributed by atoms with E-state index in [2.05, 4.69) is 21.6 Å². The molecule has 1 amide bonds. The molecular weight excluding hydrogens is 254 g/mol. The predicted molar refractivity (Wildman–Crippen MR) is 76.3 cm³/mol. The summed E-state index contributed by atoms with van der Waals surface area (Å²) in [6, 6.07) is 6.09. The van der Waals surface area contributed by atoms with E-state index in [1.807, 2.05) is 19.1 Å². The van der Waals surface area contributed by atoms with E-state index in [0.29, 0.717) is 13.2 Å². The van der Waals surface area contributed by atoms with Gasteiger partial charge in [0.2, 0.25) is 5.91 Å². The molecule has 1 aliphatic heterocycles. The highest BCUT2D eigenvalue weighted by atomic mass is 16.5. The Balaban J connectivity index is 1.67. The molecule has 106 valence electrons. The Hall–Kier alpha value is -1.88. The van der Waals surface area contributed by atoms with Gasteiger partial charge in [-0.3, -0.25) is 9.89 Å². The van der Waals surface area contributed by atoms with E-state index in [-0.39, 0.29) is 12.0 Å². The Labute approximate surface area is 117 Å². The van der Waals surface area contributed by atoms with Crippen LogP contribution in [0.15, 0.2) is 18.2 Å². The second-order valence-corrected chi connectivity index (χ2v) is 5.30. The van der Waals surface area contributed by atoms with Gasteiger partial charge in [0, 0.05) is 12.0 Å². The average Bonchev–Trinajstić information content (AvgIpc) is 2.88. The summed E-state index contributed by atoms with van der Waals surface area (Å²) in [6.45, 7) is 3.19. The maximum absolute atomic E-state index is 12.0. The minimum absolute atomic E-state index is 0.0277. The Bertz CT molecular complexity index is 615. The molecule has 0 radical (unpaired) electrons. The van der Waals surface area contributed by atoms with Crippen LogP contribution in [0.2, 0.25) is 0 Å². The van der Waals surface area contributed by atoms with Gasteiger partial charge in [-0.25, -0.2) is 0 Å². The maximum atomic E-state index is 12.0. The van der Waals surface area contributed by atoms with E-state index < -0.39 is 0 Å². The lowest BCUT2D eigenvalue weighted by Crippen LogP contribution is -2.38. The lowest BCUT2D eigenvalue weighted by atomic mass is 10.1. The van der Waals surface area contributed by atoms with Crippen molar-refractivity contribution in [2.24, 2.45) is 0 Å². The smallest absolute Gasteiger partial charge is 0.249 e. The van der Waals surface area contributed by atoms with Gasteiger partial charge in [-0.2, -0.15) is 5.10 Å². The molecule has 1 aromatic heterocycles. The molecule has 1 fully saturated rings. The average molecular weight is 273 g/mol. The first-order chi connectivity index (χ1) is 9.74. The lowest BCUT2D eigenvalue weighted by Gasteiger charge is -2.21. The van der Waals surface area contributed by atoms with E-state index in [1.54, 1.807) is 0 Å². The number of amides is 1. The van der Waals surface area contributed by atoms with Crippen LogP contribution in [0, 0.1) is 6.92 Å². The summed E-state index contributed by atoms with van der Waals surface area (Å²) in [5.74, 6) is -0.0277. The molecule has 3 rings (SSSR count). The van der Waals surface area contributed by atoms with Crippen LogP contribution >= 0.6 is 0 Å². The predicted octanol–water partition coefficient (Wildman–Crippen LogP) is 2.06. The van der Waals surface area contributed by atoms with Crippen LogP contribution in [0.5, 0.6) is 0 Å². The number of aromatic nitrogens is 2. The van der Waals surface area contributed by atoms with E-state index in [0.717, 1.165) is 35.9 Å². The van der Waals surface area contributed by atoms with Gasteiger partial charge in [0.25, 0.3) is 0 Å². The lowest BCUT2D eigenvalue weighted by molar-refractivity contribution is -0.135. The molecule has 0 saturated carbocycles. The number of nitrogens with zero attached hydrogens (tertiary/aromatic N) is 1. The summed E-state index contributed by atoms with van der Waals surface area (Å²) >= 11 is 0. The van der Waals surface area contributed by atoms with E-state index in [4.69, 9.17) is 4.74 Å². The van der Waals surface area contributed by atoms with Crippen LogP contribution in [0.25, 0.3) is 10.9 Å². The first-order valence-electron chi connectivity index (χ1n) is 7.07. The molecule has 5 heteroatoms. The van der Waals surface area contributed by atoms with Crippen molar-refractivity contribution in [3.63, 3.8) is 0 Å². The number of nitrogens with one attached hydrogen (secondary N) is 2. The molecule has 5 nitrogen and oxygen atoms in total. The number of hydrogen-bond donors (Lipinski definition) is 2. The number of rotatable bonds is 3. The second-order valence-electron chi connectivity index (χ2n) is 5.30.